The topological polar surface area (TPSA) is 54.5 Å². The normalized spacial score (nSPS) is 17.8. The molecule has 0 spiro atoms. The number of hydrogen-bond acceptors (Lipinski definition) is 4. The summed E-state index contributed by atoms with van der Waals surface area (Å²) in [6.07, 6.45) is 6.92. The Morgan fingerprint density at radius 3 is 2.68 bits per heavy atom. The summed E-state index contributed by atoms with van der Waals surface area (Å²) in [4.78, 5) is 16.8. The van der Waals surface area contributed by atoms with Crippen molar-refractivity contribution in [1.82, 2.24) is 15.2 Å². The van der Waals surface area contributed by atoms with E-state index >= 15 is 0 Å². The monoisotopic (exact) mass is 443 g/mol. The van der Waals surface area contributed by atoms with Crippen molar-refractivity contribution in [3.8, 4) is 5.75 Å². The average Bonchev–Trinajstić information content (AvgIpc) is 3.09. The van der Waals surface area contributed by atoms with E-state index in [1.807, 2.05) is 6.07 Å². The van der Waals surface area contributed by atoms with Gasteiger partial charge in [-0.15, -0.1) is 0 Å². The van der Waals surface area contributed by atoms with Gasteiger partial charge >= 0.3 is 0 Å². The van der Waals surface area contributed by atoms with Crippen LogP contribution in [0.25, 0.3) is 0 Å². The van der Waals surface area contributed by atoms with Crippen LogP contribution in [0, 0.1) is 5.92 Å². The van der Waals surface area contributed by atoms with Crippen molar-refractivity contribution in [3.05, 3.63) is 58.4 Å². The number of nitrogens with one attached hydrogen (secondary N) is 1. The number of likely N-dealkylation sites (tertiary alicyclic amines) is 1. The van der Waals surface area contributed by atoms with E-state index in [4.69, 9.17) is 16.3 Å². The Morgan fingerprint density at radius 2 is 2.03 bits per heavy atom. The maximum absolute atomic E-state index is 10.4. The van der Waals surface area contributed by atoms with Crippen LogP contribution in [0.1, 0.15) is 50.3 Å². The van der Waals surface area contributed by atoms with Crippen molar-refractivity contribution in [2.75, 3.05) is 19.6 Å². The first-order chi connectivity index (χ1) is 14.9. The molecule has 1 aromatic carbocycles. The zero-order chi connectivity index (χ0) is 22.3. The third kappa shape index (κ3) is 6.94. The van der Waals surface area contributed by atoms with Gasteiger partial charge in [-0.1, -0.05) is 42.8 Å². The van der Waals surface area contributed by atoms with E-state index in [0.717, 1.165) is 64.0 Å². The Kier molecular flexibility index (Phi) is 8.33. The van der Waals surface area contributed by atoms with E-state index in [2.05, 4.69) is 54.2 Å². The van der Waals surface area contributed by atoms with E-state index in [9.17, 15) is 4.79 Å². The fraction of sp³-hybridized carbons (Fsp3) is 0.520. The predicted molar refractivity (Wildman–Crippen MR) is 126 cm³/mol. The fourth-order valence-corrected chi connectivity index (χ4v) is 4.34. The first-order valence-corrected chi connectivity index (χ1v) is 11.6. The highest BCUT2D eigenvalue weighted by Crippen LogP contribution is 2.38. The number of amides is 1. The molecule has 0 aliphatic carbocycles. The Morgan fingerprint density at radius 1 is 1.26 bits per heavy atom. The first kappa shape index (κ1) is 23.6. The first-order valence-electron chi connectivity index (χ1n) is 11.2. The number of halogens is 1. The quantitative estimate of drug-likeness (QED) is 0.521. The van der Waals surface area contributed by atoms with E-state index < -0.39 is 0 Å². The third-order valence-corrected chi connectivity index (χ3v) is 6.18. The standard InChI is InChI=1S/C18H26N2O2.C7H8ClN/c1-18(2)10-15-4-3-5-16(17(15)22-18)12-20-8-6-14(7-9-20)11-19-13-21;1-2-6-3-4-7(8)9-5-6/h3-5,13-14H,6-12H2,1-2H3,(H,19,21);3-5H,2H2,1H3. The van der Waals surface area contributed by atoms with E-state index in [-0.39, 0.29) is 5.60 Å². The number of aromatic nitrogens is 1. The summed E-state index contributed by atoms with van der Waals surface area (Å²) in [6, 6.07) is 10.3. The molecule has 2 aliphatic rings. The predicted octanol–water partition coefficient (Wildman–Crippen LogP) is 4.66. The minimum Gasteiger partial charge on any atom is -0.487 e. The lowest BCUT2D eigenvalue weighted by Crippen LogP contribution is -2.36. The van der Waals surface area contributed by atoms with Gasteiger partial charge in [0, 0.05) is 31.3 Å². The number of carbonyl (C=O) groups excluding carboxylic acids is 1. The Hall–Kier alpha value is -2.11. The molecule has 2 aromatic rings. The molecule has 1 amide bonds. The number of hydrogen-bond donors (Lipinski definition) is 1. The van der Waals surface area contributed by atoms with Gasteiger partial charge in [-0.25, -0.2) is 4.98 Å². The lowest BCUT2D eigenvalue weighted by molar-refractivity contribution is -0.109. The van der Waals surface area contributed by atoms with Gasteiger partial charge in [-0.3, -0.25) is 9.69 Å². The van der Waals surface area contributed by atoms with Crippen molar-refractivity contribution >= 4 is 18.0 Å². The van der Waals surface area contributed by atoms with Crippen LogP contribution in [0.4, 0.5) is 0 Å². The van der Waals surface area contributed by atoms with Gasteiger partial charge in [0.2, 0.25) is 6.41 Å². The zero-order valence-electron chi connectivity index (χ0n) is 18.9. The Balaban J connectivity index is 0.000000254. The van der Waals surface area contributed by atoms with Gasteiger partial charge in [0.25, 0.3) is 0 Å². The smallest absolute Gasteiger partial charge is 0.207 e. The van der Waals surface area contributed by atoms with Crippen LogP contribution >= 0.6 is 11.6 Å². The average molecular weight is 444 g/mol. The number of aryl methyl sites for hydroxylation is 1. The second-order valence-electron chi connectivity index (χ2n) is 9.03. The summed E-state index contributed by atoms with van der Waals surface area (Å²) in [5.41, 5.74) is 3.80. The van der Waals surface area contributed by atoms with Crippen LogP contribution in [-0.4, -0.2) is 41.5 Å². The Labute approximate surface area is 191 Å². The molecule has 5 nitrogen and oxygen atoms in total. The van der Waals surface area contributed by atoms with Gasteiger partial charge in [0.1, 0.15) is 16.5 Å². The molecule has 3 heterocycles. The number of fused-ring (bicyclic) bond motifs is 1. The largest absolute Gasteiger partial charge is 0.487 e. The second kappa shape index (κ2) is 11.0. The lowest BCUT2D eigenvalue weighted by atomic mass is 9.96. The van der Waals surface area contributed by atoms with Crippen LogP contribution in [0.5, 0.6) is 5.75 Å². The van der Waals surface area contributed by atoms with Crippen LogP contribution in [-0.2, 0) is 24.2 Å². The molecule has 2 aliphatic heterocycles. The minimum absolute atomic E-state index is 0.0775. The molecular formula is C25H34ClN3O2. The number of rotatable bonds is 6. The summed E-state index contributed by atoms with van der Waals surface area (Å²) in [5.74, 6) is 1.73. The molecule has 4 rings (SSSR count). The number of pyridine rings is 1. The summed E-state index contributed by atoms with van der Waals surface area (Å²) in [6.45, 7) is 10.4. The van der Waals surface area contributed by atoms with E-state index in [1.54, 1.807) is 12.3 Å². The van der Waals surface area contributed by atoms with Crippen molar-refractivity contribution in [2.24, 2.45) is 5.92 Å². The molecule has 31 heavy (non-hydrogen) atoms. The minimum atomic E-state index is -0.0775. The molecule has 1 aromatic heterocycles. The molecule has 1 N–H and O–H groups in total. The molecule has 0 bridgehead atoms. The lowest BCUT2D eigenvalue weighted by Gasteiger charge is -2.32. The number of piperidine rings is 1. The molecule has 0 atom stereocenters. The van der Waals surface area contributed by atoms with Crippen molar-refractivity contribution in [2.45, 2.75) is 58.6 Å². The van der Waals surface area contributed by atoms with Gasteiger partial charge in [0.05, 0.1) is 0 Å². The molecule has 1 saturated heterocycles. The highest BCUT2D eigenvalue weighted by Gasteiger charge is 2.32. The maximum Gasteiger partial charge on any atom is 0.207 e. The number of benzene rings is 1. The molecule has 168 valence electrons. The second-order valence-corrected chi connectivity index (χ2v) is 9.42. The van der Waals surface area contributed by atoms with Gasteiger partial charge in [-0.05, 0) is 69.3 Å². The number of nitrogens with zero attached hydrogens (tertiary/aromatic N) is 2. The number of ether oxygens (including phenoxy) is 1. The maximum atomic E-state index is 10.4. The summed E-state index contributed by atoms with van der Waals surface area (Å²) in [5, 5.41) is 3.37. The fourth-order valence-electron chi connectivity index (χ4n) is 4.22. The van der Waals surface area contributed by atoms with Crippen LogP contribution in [0.2, 0.25) is 5.15 Å². The summed E-state index contributed by atoms with van der Waals surface area (Å²) >= 11 is 5.56. The molecular weight excluding hydrogens is 410 g/mol. The van der Waals surface area contributed by atoms with Crippen molar-refractivity contribution in [3.63, 3.8) is 0 Å². The van der Waals surface area contributed by atoms with E-state index in [1.165, 1.54) is 16.7 Å². The summed E-state index contributed by atoms with van der Waals surface area (Å²) in [7, 11) is 0. The Bertz CT molecular complexity index is 846. The van der Waals surface area contributed by atoms with Crippen LogP contribution in [0.15, 0.2) is 36.5 Å². The SMILES string of the molecule is CC1(C)Cc2cccc(CN3CCC(CNC=O)CC3)c2O1.CCc1ccc(Cl)nc1. The number of para-hydroxylation sites is 1. The number of carbonyl (C=O) groups is 1. The molecule has 1 fully saturated rings. The van der Waals surface area contributed by atoms with Crippen molar-refractivity contribution < 1.29 is 9.53 Å². The van der Waals surface area contributed by atoms with Crippen molar-refractivity contribution in [1.29, 1.82) is 0 Å². The highest BCUT2D eigenvalue weighted by molar-refractivity contribution is 6.29. The van der Waals surface area contributed by atoms with Crippen LogP contribution in [0.3, 0.4) is 0 Å². The zero-order valence-corrected chi connectivity index (χ0v) is 19.6. The van der Waals surface area contributed by atoms with Gasteiger partial charge in [-0.2, -0.15) is 0 Å². The molecule has 0 radical (unpaired) electrons. The third-order valence-electron chi connectivity index (χ3n) is 5.96. The molecule has 0 saturated carbocycles. The van der Waals surface area contributed by atoms with E-state index in [0.29, 0.717) is 11.1 Å². The van der Waals surface area contributed by atoms with Gasteiger partial charge in [0.15, 0.2) is 0 Å². The van der Waals surface area contributed by atoms with Gasteiger partial charge < -0.3 is 10.1 Å². The molecule has 0 unspecified atom stereocenters. The summed E-state index contributed by atoms with van der Waals surface area (Å²) < 4.78 is 6.17. The molecule has 6 heteroatoms. The highest BCUT2D eigenvalue weighted by atomic mass is 35.5. The van der Waals surface area contributed by atoms with Crippen LogP contribution < -0.4 is 10.1 Å².